The summed E-state index contributed by atoms with van der Waals surface area (Å²) in [6, 6.07) is 15.5. The van der Waals surface area contributed by atoms with Crippen molar-refractivity contribution in [2.75, 3.05) is 36.4 Å². The number of carbonyl (C=O) groups is 2. The van der Waals surface area contributed by atoms with Crippen molar-refractivity contribution in [2.45, 2.75) is 78.3 Å². The summed E-state index contributed by atoms with van der Waals surface area (Å²) in [4.78, 5) is 33.7. The summed E-state index contributed by atoms with van der Waals surface area (Å²) in [6.45, 7) is 14.1. The van der Waals surface area contributed by atoms with Crippen molar-refractivity contribution in [3.8, 4) is 0 Å². The predicted molar refractivity (Wildman–Crippen MR) is 204 cm³/mol. The van der Waals surface area contributed by atoms with Crippen LogP contribution in [0.15, 0.2) is 94.6 Å². The van der Waals surface area contributed by atoms with Crippen LogP contribution in [0, 0.1) is 23.6 Å². The first-order valence-corrected chi connectivity index (χ1v) is 18.8. The van der Waals surface area contributed by atoms with Gasteiger partial charge in [0.2, 0.25) is 5.76 Å². The number of carbonyl (C=O) groups excluding carboxylic acids is 2. The molecular formula is C42H51F4N5O3. The van der Waals surface area contributed by atoms with E-state index in [9.17, 15) is 27.2 Å². The molecule has 3 aromatic rings. The van der Waals surface area contributed by atoms with Gasteiger partial charge in [0, 0.05) is 31.9 Å². The van der Waals surface area contributed by atoms with Gasteiger partial charge < -0.3 is 24.9 Å². The molecule has 54 heavy (non-hydrogen) atoms. The number of nitrogens with zero attached hydrogens (tertiary/aromatic N) is 3. The molecule has 2 aromatic carbocycles. The standard InChI is InChI=1S/C42H51F4N5O3/c1-6-27(2)30(5)35(19-18-28(3)29(4)31-15-12-23-50(24-20-31)40(53)48-36-17-11-10-16-34(36)43)47-39(52)37-38(42(44,45)46)49-41(54-37)51-25-21-33(22-26-51)32-13-8-7-9-14-32/h7-11,13-14,16-19,27,29,31,33H,3,6,12,15,20-26H2,1-2,4-5H3,(H,47,52)(H,48,53). The summed E-state index contributed by atoms with van der Waals surface area (Å²) in [7, 11) is 0. The minimum absolute atomic E-state index is 0.0105. The Hall–Kier alpha value is -4.87. The molecule has 1 aromatic heterocycles. The zero-order chi connectivity index (χ0) is 39.0. The van der Waals surface area contributed by atoms with E-state index in [0.717, 1.165) is 30.4 Å². The van der Waals surface area contributed by atoms with Crippen LogP contribution in [0.25, 0.3) is 0 Å². The Morgan fingerprint density at radius 1 is 0.981 bits per heavy atom. The van der Waals surface area contributed by atoms with E-state index < -0.39 is 29.4 Å². The number of para-hydroxylation sites is 1. The number of oxazole rings is 1. The molecule has 3 atom stereocenters. The van der Waals surface area contributed by atoms with Crippen molar-refractivity contribution in [3.63, 3.8) is 0 Å². The number of amides is 3. The summed E-state index contributed by atoms with van der Waals surface area (Å²) >= 11 is 0. The van der Waals surface area contributed by atoms with Gasteiger partial charge in [0.1, 0.15) is 5.82 Å². The fourth-order valence-corrected chi connectivity index (χ4v) is 7.17. The highest BCUT2D eigenvalue weighted by Gasteiger charge is 2.42. The van der Waals surface area contributed by atoms with Crippen LogP contribution in [0.4, 0.5) is 34.1 Å². The lowest BCUT2D eigenvalue weighted by atomic mass is 9.83. The average molecular weight is 750 g/mol. The summed E-state index contributed by atoms with van der Waals surface area (Å²) in [5.41, 5.74) is 1.91. The predicted octanol–water partition coefficient (Wildman–Crippen LogP) is 10.3. The number of anilines is 2. The first kappa shape index (κ1) is 40.3. The fraction of sp³-hybridized carbons (Fsp3) is 0.452. The second-order valence-electron chi connectivity index (χ2n) is 14.5. The number of urea groups is 1. The van der Waals surface area contributed by atoms with Gasteiger partial charge in [-0.25, -0.2) is 9.18 Å². The van der Waals surface area contributed by atoms with Gasteiger partial charge in [0.15, 0.2) is 5.69 Å². The van der Waals surface area contributed by atoms with Gasteiger partial charge in [0.25, 0.3) is 11.9 Å². The van der Waals surface area contributed by atoms with Crippen molar-refractivity contribution in [1.82, 2.24) is 15.2 Å². The molecule has 2 N–H and O–H groups in total. The molecular weight excluding hydrogens is 698 g/mol. The number of likely N-dealkylation sites (tertiary alicyclic amines) is 1. The summed E-state index contributed by atoms with van der Waals surface area (Å²) in [5, 5.41) is 5.38. The Balaban J connectivity index is 1.26. The highest BCUT2D eigenvalue weighted by molar-refractivity contribution is 5.94. The molecule has 2 saturated heterocycles. The number of alkyl halides is 3. The number of nitrogens with one attached hydrogen (secondary N) is 2. The molecule has 8 nitrogen and oxygen atoms in total. The van der Waals surface area contributed by atoms with Gasteiger partial charge in [-0.3, -0.25) is 4.79 Å². The Bertz CT molecular complexity index is 1830. The van der Waals surface area contributed by atoms with E-state index in [1.807, 2.05) is 39.0 Å². The molecule has 0 spiro atoms. The van der Waals surface area contributed by atoms with Crippen LogP contribution in [-0.2, 0) is 6.18 Å². The lowest BCUT2D eigenvalue weighted by molar-refractivity contribution is -0.141. The van der Waals surface area contributed by atoms with Gasteiger partial charge in [-0.05, 0) is 98.5 Å². The maximum atomic E-state index is 14.3. The molecule has 3 heterocycles. The highest BCUT2D eigenvalue weighted by Crippen LogP contribution is 2.37. The maximum absolute atomic E-state index is 14.3. The molecule has 2 aliphatic heterocycles. The normalized spacial score (nSPS) is 18.9. The van der Waals surface area contributed by atoms with E-state index >= 15 is 0 Å². The van der Waals surface area contributed by atoms with Gasteiger partial charge in [0.05, 0.1) is 5.69 Å². The second kappa shape index (κ2) is 18.0. The molecule has 0 bridgehead atoms. The zero-order valence-electron chi connectivity index (χ0n) is 31.5. The molecule has 12 heteroatoms. The van der Waals surface area contributed by atoms with E-state index in [0.29, 0.717) is 51.1 Å². The summed E-state index contributed by atoms with van der Waals surface area (Å²) < 4.78 is 62.6. The third-order valence-electron chi connectivity index (χ3n) is 11.1. The molecule has 0 saturated carbocycles. The molecule has 2 fully saturated rings. The van der Waals surface area contributed by atoms with Gasteiger partial charge in [-0.1, -0.05) is 81.5 Å². The van der Waals surface area contributed by atoms with Gasteiger partial charge >= 0.3 is 12.2 Å². The molecule has 5 rings (SSSR count). The third-order valence-corrected chi connectivity index (χ3v) is 11.1. The van der Waals surface area contributed by atoms with Gasteiger partial charge in [-0.2, -0.15) is 18.2 Å². The first-order valence-electron chi connectivity index (χ1n) is 18.8. The number of rotatable bonds is 11. The topological polar surface area (TPSA) is 90.7 Å². The van der Waals surface area contributed by atoms with Crippen LogP contribution in [0.3, 0.4) is 0 Å². The number of halogens is 4. The lowest BCUT2D eigenvalue weighted by Crippen LogP contribution is -2.36. The monoisotopic (exact) mass is 749 g/mol. The van der Waals surface area contributed by atoms with E-state index in [1.54, 1.807) is 34.1 Å². The van der Waals surface area contributed by atoms with Crippen molar-refractivity contribution < 1.29 is 31.6 Å². The van der Waals surface area contributed by atoms with Crippen molar-refractivity contribution in [1.29, 1.82) is 0 Å². The molecule has 290 valence electrons. The molecule has 3 amide bonds. The van der Waals surface area contributed by atoms with Crippen LogP contribution >= 0.6 is 0 Å². The number of piperidine rings is 1. The minimum atomic E-state index is -4.90. The Kier molecular flexibility index (Phi) is 13.4. The smallest absolute Gasteiger partial charge is 0.417 e. The van der Waals surface area contributed by atoms with E-state index in [-0.39, 0.29) is 41.4 Å². The fourth-order valence-electron chi connectivity index (χ4n) is 7.17. The molecule has 2 aliphatic rings. The lowest BCUT2D eigenvalue weighted by Gasteiger charge is -2.31. The first-order chi connectivity index (χ1) is 25.8. The molecule has 0 radical (unpaired) electrons. The summed E-state index contributed by atoms with van der Waals surface area (Å²) in [6.07, 6.45) is 3.09. The maximum Gasteiger partial charge on any atom is 0.437 e. The minimum Gasteiger partial charge on any atom is -0.417 e. The summed E-state index contributed by atoms with van der Waals surface area (Å²) in [5.74, 6) is -1.89. The van der Waals surface area contributed by atoms with Crippen molar-refractivity contribution >= 4 is 23.6 Å². The molecule has 0 aliphatic carbocycles. The highest BCUT2D eigenvalue weighted by atomic mass is 19.4. The Morgan fingerprint density at radius 3 is 2.33 bits per heavy atom. The third kappa shape index (κ3) is 10.0. The molecule has 3 unspecified atom stereocenters. The SMILES string of the molecule is C=C(C=CC(NC(=O)c1oc(N2CCC(c3ccccc3)CC2)nc1C(F)(F)F)=C(C)C(C)CC)C(C)C1CCCN(C(=O)Nc2ccccc2F)CC1. The van der Waals surface area contributed by atoms with Crippen LogP contribution in [0.1, 0.15) is 93.9 Å². The van der Waals surface area contributed by atoms with Crippen LogP contribution in [0.5, 0.6) is 0 Å². The number of benzene rings is 2. The Labute approximate surface area is 315 Å². The van der Waals surface area contributed by atoms with Crippen LogP contribution in [-0.4, -0.2) is 48.0 Å². The van der Waals surface area contributed by atoms with Crippen LogP contribution < -0.4 is 15.5 Å². The Morgan fingerprint density at radius 2 is 1.67 bits per heavy atom. The largest absolute Gasteiger partial charge is 0.437 e. The van der Waals surface area contributed by atoms with E-state index in [1.165, 1.54) is 17.7 Å². The number of hydrogen-bond acceptors (Lipinski definition) is 5. The van der Waals surface area contributed by atoms with Gasteiger partial charge in [-0.15, -0.1) is 0 Å². The van der Waals surface area contributed by atoms with E-state index in [4.69, 9.17) is 4.42 Å². The quantitative estimate of drug-likeness (QED) is 0.150. The number of aromatic nitrogens is 1. The van der Waals surface area contributed by atoms with Crippen molar-refractivity contribution in [3.05, 3.63) is 113 Å². The second-order valence-corrected chi connectivity index (χ2v) is 14.5. The van der Waals surface area contributed by atoms with Crippen molar-refractivity contribution in [2.24, 2.45) is 17.8 Å². The zero-order valence-corrected chi connectivity index (χ0v) is 31.5. The van der Waals surface area contributed by atoms with E-state index in [2.05, 4.69) is 41.3 Å². The average Bonchev–Trinajstić information content (AvgIpc) is 3.50. The number of hydrogen-bond donors (Lipinski definition) is 2. The van der Waals surface area contributed by atoms with Crippen LogP contribution in [0.2, 0.25) is 0 Å². The number of allylic oxidation sites excluding steroid dienone is 4.